The van der Waals surface area contributed by atoms with Gasteiger partial charge in [-0.25, -0.2) is 0 Å². The van der Waals surface area contributed by atoms with Crippen LogP contribution in [-0.2, 0) is 17.9 Å². The number of amides is 1. The molecule has 0 atom stereocenters. The summed E-state index contributed by atoms with van der Waals surface area (Å²) in [4.78, 5) is 15.3. The summed E-state index contributed by atoms with van der Waals surface area (Å²) in [5.41, 5.74) is 4.16. The molecule has 0 radical (unpaired) electrons. The van der Waals surface area contributed by atoms with Crippen LogP contribution in [0.3, 0.4) is 0 Å². The number of thiocarbonyl (C=S) groups is 1. The molecule has 0 bridgehead atoms. The summed E-state index contributed by atoms with van der Waals surface area (Å²) >= 11 is 6.82. The number of hydrogen-bond donors (Lipinski definition) is 0. The number of fused-ring (bicyclic) bond motifs is 1. The van der Waals surface area contributed by atoms with Crippen LogP contribution in [0.15, 0.2) is 89.8 Å². The Bertz CT molecular complexity index is 1480. The van der Waals surface area contributed by atoms with E-state index in [1.807, 2.05) is 67.6 Å². The Hall–Kier alpha value is -3.61. The Morgan fingerprint density at radius 2 is 1.64 bits per heavy atom. The molecule has 1 amide bonds. The number of methoxy groups -OCH3 is 1. The lowest BCUT2D eigenvalue weighted by molar-refractivity contribution is -0.122. The molecule has 1 saturated heterocycles. The van der Waals surface area contributed by atoms with Crippen LogP contribution in [0.2, 0.25) is 0 Å². The molecule has 0 spiro atoms. The fourth-order valence-corrected chi connectivity index (χ4v) is 5.30. The normalized spacial score (nSPS) is 14.6. The van der Waals surface area contributed by atoms with Gasteiger partial charge in [0, 0.05) is 0 Å². The van der Waals surface area contributed by atoms with E-state index in [-0.39, 0.29) is 5.91 Å². The van der Waals surface area contributed by atoms with E-state index in [4.69, 9.17) is 21.7 Å². The molecular formula is C30H25NO3S2. The van der Waals surface area contributed by atoms with Crippen LogP contribution in [0.25, 0.3) is 16.8 Å². The summed E-state index contributed by atoms with van der Waals surface area (Å²) in [7, 11) is 1.61. The standard InChI is InChI=1S/C30H25NO3S2/c1-20-7-9-21(10-8-20)18-31-29(32)28(36-30(31)35)17-22-12-14-26(27(16-22)33-2)34-19-23-11-13-24-5-3-4-6-25(24)15-23/h3-17H,18-19H2,1-2H3/b28-17+. The third kappa shape index (κ3) is 5.30. The van der Waals surface area contributed by atoms with Crippen molar-refractivity contribution in [2.45, 2.75) is 20.1 Å². The number of carbonyl (C=O) groups is 1. The second-order valence-corrected chi connectivity index (χ2v) is 10.3. The number of benzene rings is 4. The van der Waals surface area contributed by atoms with Crippen molar-refractivity contribution < 1.29 is 14.3 Å². The molecule has 1 aliphatic heterocycles. The third-order valence-corrected chi connectivity index (χ3v) is 7.41. The van der Waals surface area contributed by atoms with Gasteiger partial charge in [-0.3, -0.25) is 9.69 Å². The first-order chi connectivity index (χ1) is 17.5. The predicted octanol–water partition coefficient (Wildman–Crippen LogP) is 7.14. The van der Waals surface area contributed by atoms with Crippen molar-refractivity contribution in [3.05, 3.63) is 112 Å². The molecule has 4 nitrogen and oxygen atoms in total. The van der Waals surface area contributed by atoms with E-state index in [1.54, 1.807) is 12.0 Å². The van der Waals surface area contributed by atoms with E-state index in [1.165, 1.54) is 28.1 Å². The molecule has 0 N–H and O–H groups in total. The summed E-state index contributed by atoms with van der Waals surface area (Å²) in [5, 5.41) is 2.38. The quantitative estimate of drug-likeness (QED) is 0.195. The number of hydrogen-bond acceptors (Lipinski definition) is 5. The lowest BCUT2D eigenvalue weighted by Gasteiger charge is -2.14. The number of carbonyl (C=O) groups excluding carboxylic acids is 1. The minimum atomic E-state index is -0.0822. The summed E-state index contributed by atoms with van der Waals surface area (Å²) in [6, 6.07) is 28.4. The Kier molecular flexibility index (Phi) is 7.07. The number of thioether (sulfide) groups is 1. The highest BCUT2D eigenvalue weighted by molar-refractivity contribution is 8.26. The molecule has 0 aliphatic carbocycles. The lowest BCUT2D eigenvalue weighted by atomic mass is 10.1. The molecule has 0 saturated carbocycles. The molecular weight excluding hydrogens is 486 g/mol. The Morgan fingerprint density at radius 3 is 2.42 bits per heavy atom. The van der Waals surface area contributed by atoms with Crippen molar-refractivity contribution in [1.29, 1.82) is 0 Å². The summed E-state index contributed by atoms with van der Waals surface area (Å²) in [5.74, 6) is 1.18. The van der Waals surface area contributed by atoms with Gasteiger partial charge in [-0.1, -0.05) is 96.3 Å². The Labute approximate surface area is 220 Å². The van der Waals surface area contributed by atoms with E-state index in [0.717, 1.165) is 16.7 Å². The molecule has 0 unspecified atom stereocenters. The van der Waals surface area contributed by atoms with Gasteiger partial charge in [0.05, 0.1) is 18.6 Å². The molecule has 6 heteroatoms. The maximum atomic E-state index is 13.1. The summed E-state index contributed by atoms with van der Waals surface area (Å²) < 4.78 is 12.2. The van der Waals surface area contributed by atoms with Crippen LogP contribution in [0.1, 0.15) is 22.3 Å². The van der Waals surface area contributed by atoms with Crippen LogP contribution in [0.4, 0.5) is 0 Å². The first-order valence-electron chi connectivity index (χ1n) is 11.6. The fraction of sp³-hybridized carbons (Fsp3) is 0.133. The van der Waals surface area contributed by atoms with E-state index < -0.39 is 0 Å². The van der Waals surface area contributed by atoms with Crippen molar-refractivity contribution in [3.8, 4) is 11.5 Å². The second kappa shape index (κ2) is 10.6. The molecule has 4 aromatic carbocycles. The zero-order chi connectivity index (χ0) is 25.1. The van der Waals surface area contributed by atoms with Gasteiger partial charge in [0.15, 0.2) is 11.5 Å². The summed E-state index contributed by atoms with van der Waals surface area (Å²) in [6.07, 6.45) is 1.85. The smallest absolute Gasteiger partial charge is 0.266 e. The Morgan fingerprint density at radius 1 is 0.889 bits per heavy atom. The molecule has 0 aromatic heterocycles. The van der Waals surface area contributed by atoms with Gasteiger partial charge in [-0.05, 0) is 58.7 Å². The van der Waals surface area contributed by atoms with Crippen molar-refractivity contribution in [3.63, 3.8) is 0 Å². The topological polar surface area (TPSA) is 38.8 Å². The first kappa shape index (κ1) is 24.1. The zero-order valence-electron chi connectivity index (χ0n) is 20.1. The average molecular weight is 512 g/mol. The zero-order valence-corrected chi connectivity index (χ0v) is 21.7. The number of rotatable bonds is 7. The van der Waals surface area contributed by atoms with Gasteiger partial charge >= 0.3 is 0 Å². The van der Waals surface area contributed by atoms with Crippen LogP contribution in [-0.4, -0.2) is 22.2 Å². The largest absolute Gasteiger partial charge is 0.493 e. The van der Waals surface area contributed by atoms with Gasteiger partial charge in [-0.15, -0.1) is 0 Å². The van der Waals surface area contributed by atoms with E-state index in [0.29, 0.717) is 33.9 Å². The van der Waals surface area contributed by atoms with E-state index >= 15 is 0 Å². The second-order valence-electron chi connectivity index (χ2n) is 8.63. The molecule has 4 aromatic rings. The fourth-order valence-electron chi connectivity index (χ4n) is 4.05. The van der Waals surface area contributed by atoms with E-state index in [2.05, 4.69) is 30.3 Å². The maximum absolute atomic E-state index is 13.1. The first-order valence-corrected chi connectivity index (χ1v) is 12.8. The maximum Gasteiger partial charge on any atom is 0.266 e. The van der Waals surface area contributed by atoms with Gasteiger partial charge < -0.3 is 9.47 Å². The number of aryl methyl sites for hydroxylation is 1. The highest BCUT2D eigenvalue weighted by atomic mass is 32.2. The highest BCUT2D eigenvalue weighted by Crippen LogP contribution is 2.35. The van der Waals surface area contributed by atoms with Crippen molar-refractivity contribution >= 4 is 51.1 Å². The molecule has 180 valence electrons. The highest BCUT2D eigenvalue weighted by Gasteiger charge is 2.32. The molecule has 1 fully saturated rings. The minimum absolute atomic E-state index is 0.0822. The minimum Gasteiger partial charge on any atom is -0.493 e. The van der Waals surface area contributed by atoms with Crippen LogP contribution in [0.5, 0.6) is 11.5 Å². The van der Waals surface area contributed by atoms with Crippen LogP contribution in [0, 0.1) is 6.92 Å². The number of ether oxygens (including phenoxy) is 2. The van der Waals surface area contributed by atoms with Gasteiger partial charge in [-0.2, -0.15) is 0 Å². The van der Waals surface area contributed by atoms with Gasteiger partial charge in [0.1, 0.15) is 10.9 Å². The van der Waals surface area contributed by atoms with E-state index in [9.17, 15) is 4.79 Å². The van der Waals surface area contributed by atoms with Crippen molar-refractivity contribution in [1.82, 2.24) is 4.90 Å². The molecule has 1 heterocycles. The summed E-state index contributed by atoms with van der Waals surface area (Å²) in [6.45, 7) is 2.94. The van der Waals surface area contributed by atoms with Crippen LogP contribution >= 0.6 is 24.0 Å². The monoisotopic (exact) mass is 511 g/mol. The number of nitrogens with zero attached hydrogens (tertiary/aromatic N) is 1. The third-order valence-electron chi connectivity index (χ3n) is 6.03. The SMILES string of the molecule is COc1cc(/C=C2/SC(=S)N(Cc3ccc(C)cc3)C2=O)ccc1OCc1ccc2ccccc2c1. The van der Waals surface area contributed by atoms with Crippen molar-refractivity contribution in [2.75, 3.05) is 7.11 Å². The van der Waals surface area contributed by atoms with Crippen molar-refractivity contribution in [2.24, 2.45) is 0 Å². The molecule has 36 heavy (non-hydrogen) atoms. The Balaban J connectivity index is 1.29. The predicted molar refractivity (Wildman–Crippen MR) is 151 cm³/mol. The average Bonchev–Trinajstić information content (AvgIpc) is 3.16. The van der Waals surface area contributed by atoms with Gasteiger partial charge in [0.25, 0.3) is 5.91 Å². The van der Waals surface area contributed by atoms with Crippen LogP contribution < -0.4 is 9.47 Å². The van der Waals surface area contributed by atoms with Gasteiger partial charge in [0.2, 0.25) is 0 Å². The lowest BCUT2D eigenvalue weighted by Crippen LogP contribution is -2.27. The molecule has 5 rings (SSSR count). The molecule has 1 aliphatic rings.